The van der Waals surface area contributed by atoms with Gasteiger partial charge in [-0.25, -0.2) is 15.4 Å². The molecule has 0 bridgehead atoms. The molecule has 0 atom stereocenters. The van der Waals surface area contributed by atoms with E-state index in [1.165, 1.54) is 6.21 Å². The maximum atomic E-state index is 12.9. The lowest BCUT2D eigenvalue weighted by Crippen LogP contribution is -2.21. The van der Waals surface area contributed by atoms with Crippen LogP contribution in [0.15, 0.2) is 108 Å². The topological polar surface area (TPSA) is 87.5 Å². The zero-order valence-corrected chi connectivity index (χ0v) is 18.1. The van der Waals surface area contributed by atoms with E-state index in [2.05, 4.69) is 20.5 Å². The van der Waals surface area contributed by atoms with E-state index in [1.807, 2.05) is 97.1 Å². The van der Waals surface area contributed by atoms with Crippen molar-refractivity contribution in [2.45, 2.75) is 0 Å². The molecular weight excluding hydrogens is 424 g/mol. The Morgan fingerprint density at radius 2 is 1.35 bits per heavy atom. The van der Waals surface area contributed by atoms with Gasteiger partial charge in [-0.15, -0.1) is 0 Å². The van der Waals surface area contributed by atoms with Crippen LogP contribution in [0.3, 0.4) is 0 Å². The highest BCUT2D eigenvalue weighted by Gasteiger charge is 2.14. The summed E-state index contributed by atoms with van der Waals surface area (Å²) in [5.74, 6) is -0.476. The Kier molecular flexibility index (Phi) is 5.78. The van der Waals surface area contributed by atoms with E-state index in [9.17, 15) is 9.90 Å². The number of nitrogens with one attached hydrogen (secondary N) is 1. The minimum atomic E-state index is -0.550. The third-order valence-electron chi connectivity index (χ3n) is 5.38. The molecule has 164 valence electrons. The Balaban J connectivity index is 1.48. The van der Waals surface area contributed by atoms with Gasteiger partial charge in [-0.05, 0) is 22.9 Å². The lowest BCUT2D eigenvalue weighted by Gasteiger charge is -2.08. The highest BCUT2D eigenvalue weighted by Crippen LogP contribution is 2.26. The fourth-order valence-electron chi connectivity index (χ4n) is 3.69. The molecule has 2 N–H and O–H groups in total. The Morgan fingerprint density at radius 3 is 2.00 bits per heavy atom. The van der Waals surface area contributed by atoms with E-state index >= 15 is 0 Å². The van der Waals surface area contributed by atoms with Gasteiger partial charge in [0.25, 0.3) is 0 Å². The predicted molar refractivity (Wildman–Crippen MR) is 134 cm³/mol. The van der Waals surface area contributed by atoms with E-state index in [-0.39, 0.29) is 11.6 Å². The quantitative estimate of drug-likeness (QED) is 0.279. The standard InChI is InChI=1S/C28H20N4O2/c33-26-16-15-19-9-7-8-14-22(19)23(26)18-29-32-28(34)27-30-24(20-10-3-1-4-11-20)17-25(31-27)21-12-5-2-6-13-21/h1-18,33H,(H,32,34)/b29-18-. The number of hydrogen-bond acceptors (Lipinski definition) is 5. The summed E-state index contributed by atoms with van der Waals surface area (Å²) in [6.07, 6.45) is 1.43. The summed E-state index contributed by atoms with van der Waals surface area (Å²) in [4.78, 5) is 21.9. The smallest absolute Gasteiger partial charge is 0.309 e. The number of nitrogens with zero attached hydrogens (tertiary/aromatic N) is 3. The van der Waals surface area contributed by atoms with Crippen molar-refractivity contribution >= 4 is 22.9 Å². The highest BCUT2D eigenvalue weighted by molar-refractivity contribution is 6.03. The normalized spacial score (nSPS) is 11.1. The maximum absolute atomic E-state index is 12.9. The Bertz CT molecular complexity index is 1440. The summed E-state index contributed by atoms with van der Waals surface area (Å²) < 4.78 is 0. The first kappa shape index (κ1) is 21.0. The van der Waals surface area contributed by atoms with Gasteiger partial charge in [-0.3, -0.25) is 4.79 Å². The molecular formula is C28H20N4O2. The van der Waals surface area contributed by atoms with Gasteiger partial charge in [0.05, 0.1) is 17.6 Å². The summed E-state index contributed by atoms with van der Waals surface area (Å²) in [5.41, 5.74) is 6.03. The van der Waals surface area contributed by atoms with Gasteiger partial charge < -0.3 is 5.11 Å². The molecule has 0 spiro atoms. The second-order valence-electron chi connectivity index (χ2n) is 7.61. The third-order valence-corrected chi connectivity index (χ3v) is 5.38. The van der Waals surface area contributed by atoms with E-state index < -0.39 is 5.91 Å². The summed E-state index contributed by atoms with van der Waals surface area (Å²) in [6, 6.07) is 32.2. The average Bonchev–Trinajstić information content (AvgIpc) is 2.90. The number of hydrazone groups is 1. The van der Waals surface area contributed by atoms with Crippen LogP contribution in [-0.4, -0.2) is 27.2 Å². The number of rotatable bonds is 5. The van der Waals surface area contributed by atoms with E-state index in [0.29, 0.717) is 17.0 Å². The molecule has 5 aromatic rings. The van der Waals surface area contributed by atoms with Gasteiger partial charge in [0, 0.05) is 16.7 Å². The van der Waals surface area contributed by atoms with Crippen molar-refractivity contribution in [2.24, 2.45) is 5.10 Å². The summed E-state index contributed by atoms with van der Waals surface area (Å²) in [6.45, 7) is 0. The second kappa shape index (κ2) is 9.34. The molecule has 0 fully saturated rings. The van der Waals surface area contributed by atoms with Gasteiger partial charge >= 0.3 is 5.91 Å². The number of aromatic hydroxyl groups is 1. The minimum Gasteiger partial charge on any atom is -0.507 e. The van der Waals surface area contributed by atoms with Crippen LogP contribution < -0.4 is 5.43 Å². The van der Waals surface area contributed by atoms with Crippen LogP contribution in [0.1, 0.15) is 16.2 Å². The molecule has 6 nitrogen and oxygen atoms in total. The van der Waals surface area contributed by atoms with Crippen molar-refractivity contribution in [3.05, 3.63) is 115 Å². The van der Waals surface area contributed by atoms with Crippen LogP contribution in [0.2, 0.25) is 0 Å². The highest BCUT2D eigenvalue weighted by atomic mass is 16.3. The van der Waals surface area contributed by atoms with Gasteiger partial charge in [-0.1, -0.05) is 91.0 Å². The number of phenolic OH excluding ortho intramolecular Hbond substituents is 1. The Labute approximate surface area is 196 Å². The number of amides is 1. The number of benzene rings is 4. The lowest BCUT2D eigenvalue weighted by molar-refractivity contribution is 0.0945. The predicted octanol–water partition coefficient (Wildman–Crippen LogP) is 5.43. The summed E-state index contributed by atoms with van der Waals surface area (Å²) in [5, 5.41) is 16.1. The van der Waals surface area contributed by atoms with E-state index in [0.717, 1.165) is 21.9 Å². The van der Waals surface area contributed by atoms with Crippen LogP contribution in [0.5, 0.6) is 5.75 Å². The first-order valence-corrected chi connectivity index (χ1v) is 10.7. The average molecular weight is 444 g/mol. The van der Waals surface area contributed by atoms with Crippen molar-refractivity contribution in [3.8, 4) is 28.3 Å². The second-order valence-corrected chi connectivity index (χ2v) is 7.61. The third kappa shape index (κ3) is 4.38. The monoisotopic (exact) mass is 444 g/mol. The zero-order valence-electron chi connectivity index (χ0n) is 18.1. The number of hydrogen-bond donors (Lipinski definition) is 2. The molecule has 34 heavy (non-hydrogen) atoms. The van der Waals surface area contributed by atoms with Crippen LogP contribution in [0, 0.1) is 0 Å². The molecule has 1 aromatic heterocycles. The van der Waals surface area contributed by atoms with Gasteiger partial charge in [0.2, 0.25) is 5.82 Å². The van der Waals surface area contributed by atoms with Crippen molar-refractivity contribution in [3.63, 3.8) is 0 Å². The summed E-state index contributed by atoms with van der Waals surface area (Å²) in [7, 11) is 0. The van der Waals surface area contributed by atoms with Crippen molar-refractivity contribution in [1.82, 2.24) is 15.4 Å². The number of phenols is 1. The van der Waals surface area contributed by atoms with Crippen molar-refractivity contribution in [1.29, 1.82) is 0 Å². The minimum absolute atomic E-state index is 0.000465. The molecule has 4 aromatic carbocycles. The number of carbonyl (C=O) groups is 1. The van der Waals surface area contributed by atoms with E-state index in [1.54, 1.807) is 6.07 Å². The summed E-state index contributed by atoms with van der Waals surface area (Å²) >= 11 is 0. The molecule has 6 heteroatoms. The first-order valence-electron chi connectivity index (χ1n) is 10.7. The van der Waals surface area contributed by atoms with Gasteiger partial charge in [0.1, 0.15) is 5.75 Å². The molecule has 1 heterocycles. The van der Waals surface area contributed by atoms with Crippen molar-refractivity contribution in [2.75, 3.05) is 0 Å². The van der Waals surface area contributed by atoms with E-state index in [4.69, 9.17) is 0 Å². The van der Waals surface area contributed by atoms with Crippen LogP contribution in [0.25, 0.3) is 33.3 Å². The fourth-order valence-corrected chi connectivity index (χ4v) is 3.69. The Hall–Kier alpha value is -4.84. The molecule has 0 aliphatic carbocycles. The van der Waals surface area contributed by atoms with Gasteiger partial charge in [-0.2, -0.15) is 5.10 Å². The Morgan fingerprint density at radius 1 is 0.765 bits per heavy atom. The molecule has 0 unspecified atom stereocenters. The molecule has 0 aliphatic heterocycles. The lowest BCUT2D eigenvalue weighted by atomic mass is 10.0. The fraction of sp³-hybridized carbons (Fsp3) is 0. The van der Waals surface area contributed by atoms with Crippen molar-refractivity contribution < 1.29 is 9.90 Å². The molecule has 1 amide bonds. The van der Waals surface area contributed by atoms with Crippen LogP contribution >= 0.6 is 0 Å². The number of fused-ring (bicyclic) bond motifs is 1. The molecule has 0 saturated carbocycles. The van der Waals surface area contributed by atoms with Gasteiger partial charge in [0.15, 0.2) is 0 Å². The van der Waals surface area contributed by atoms with Crippen LogP contribution in [0.4, 0.5) is 0 Å². The molecule has 0 radical (unpaired) electrons. The SMILES string of the molecule is O=C(N/N=C\c1c(O)ccc2ccccc12)c1nc(-c2ccccc2)cc(-c2ccccc2)n1. The molecule has 0 aliphatic rings. The zero-order chi connectivity index (χ0) is 23.3. The maximum Gasteiger partial charge on any atom is 0.309 e. The van der Waals surface area contributed by atoms with Crippen LogP contribution in [-0.2, 0) is 0 Å². The molecule has 0 saturated heterocycles. The molecule has 5 rings (SSSR count). The number of aromatic nitrogens is 2. The number of carbonyl (C=O) groups excluding carboxylic acids is 1. The largest absolute Gasteiger partial charge is 0.507 e. The first-order chi connectivity index (χ1) is 16.7.